The molecule has 0 unspecified atom stereocenters. The van der Waals surface area contributed by atoms with Gasteiger partial charge in [-0.25, -0.2) is 9.59 Å². The summed E-state index contributed by atoms with van der Waals surface area (Å²) in [6, 6.07) is 9.22. The zero-order chi connectivity index (χ0) is 31.5. The SMILES string of the molecule is CC(C)(C)OC(=O)N1CCN([C@@H]2CCc3cccnc32)CC1.CC(C)(C)OC(=O)N1CCN([C@H]2CCc3cccnc32)CC1. The minimum Gasteiger partial charge on any atom is -0.444 e. The maximum Gasteiger partial charge on any atom is 0.410 e. The highest BCUT2D eigenvalue weighted by atomic mass is 16.6. The molecule has 2 atom stereocenters. The molecule has 4 heterocycles. The number of carbonyl (C=O) groups excluding carboxylic acids is 2. The van der Waals surface area contributed by atoms with E-state index in [1.54, 1.807) is 0 Å². The van der Waals surface area contributed by atoms with Crippen LogP contribution in [0.15, 0.2) is 36.7 Å². The van der Waals surface area contributed by atoms with Crippen LogP contribution in [0.4, 0.5) is 9.59 Å². The highest BCUT2D eigenvalue weighted by molar-refractivity contribution is 5.68. The van der Waals surface area contributed by atoms with Crippen LogP contribution in [0.1, 0.15) is 89.0 Å². The number of aryl methyl sites for hydroxylation is 2. The van der Waals surface area contributed by atoms with E-state index in [9.17, 15) is 9.59 Å². The molecule has 0 bridgehead atoms. The summed E-state index contributed by atoms with van der Waals surface area (Å²) >= 11 is 0. The lowest BCUT2D eigenvalue weighted by Crippen LogP contribution is -2.50. The van der Waals surface area contributed by atoms with Gasteiger partial charge in [-0.2, -0.15) is 0 Å². The molecule has 2 saturated heterocycles. The van der Waals surface area contributed by atoms with Crippen LogP contribution < -0.4 is 0 Å². The summed E-state index contributed by atoms with van der Waals surface area (Å²) in [5.41, 5.74) is 4.36. The van der Waals surface area contributed by atoms with Gasteiger partial charge >= 0.3 is 12.2 Å². The maximum absolute atomic E-state index is 12.1. The van der Waals surface area contributed by atoms with Crippen molar-refractivity contribution in [3.63, 3.8) is 0 Å². The van der Waals surface area contributed by atoms with Gasteiger partial charge < -0.3 is 19.3 Å². The monoisotopic (exact) mass is 606 g/mol. The molecule has 0 radical (unpaired) electrons. The van der Waals surface area contributed by atoms with Gasteiger partial charge in [-0.3, -0.25) is 19.8 Å². The van der Waals surface area contributed by atoms with Crippen molar-refractivity contribution in [1.82, 2.24) is 29.6 Å². The molecule has 2 aliphatic heterocycles. The average molecular weight is 607 g/mol. The number of fused-ring (bicyclic) bond motifs is 2. The van der Waals surface area contributed by atoms with Gasteiger partial charge in [-0.05, 0) is 90.5 Å². The standard InChI is InChI=1S/2C17H25N3O2/c2*1-17(2,3)22-16(21)20-11-9-19(10-12-20)14-7-6-13-5-4-8-18-15(13)14/h2*4-5,8,14H,6-7,9-12H2,1-3H3/t2*14-/m10/s1. The Bertz CT molecular complexity index is 1190. The zero-order valence-electron chi connectivity index (χ0n) is 27.4. The molecule has 10 nitrogen and oxygen atoms in total. The van der Waals surface area contributed by atoms with E-state index in [1.165, 1.54) is 22.5 Å². The fourth-order valence-electron chi connectivity index (χ4n) is 6.58. The number of pyridine rings is 2. The normalized spacial score (nSPS) is 22.5. The molecule has 0 N–H and O–H groups in total. The van der Waals surface area contributed by atoms with Crippen LogP contribution >= 0.6 is 0 Å². The van der Waals surface area contributed by atoms with Gasteiger partial charge in [0.05, 0.1) is 23.5 Å². The van der Waals surface area contributed by atoms with Gasteiger partial charge in [0.15, 0.2) is 0 Å². The molecule has 0 saturated carbocycles. The predicted octanol–water partition coefficient (Wildman–Crippen LogP) is 5.24. The Kier molecular flexibility index (Phi) is 9.80. The van der Waals surface area contributed by atoms with Crippen LogP contribution in [0.25, 0.3) is 0 Å². The van der Waals surface area contributed by atoms with Crippen LogP contribution in [0.3, 0.4) is 0 Å². The molecule has 2 amide bonds. The summed E-state index contributed by atoms with van der Waals surface area (Å²) in [6.07, 6.45) is 7.87. The smallest absolute Gasteiger partial charge is 0.410 e. The maximum atomic E-state index is 12.1. The lowest BCUT2D eigenvalue weighted by atomic mass is 10.1. The molecule has 6 rings (SSSR count). The second kappa shape index (κ2) is 13.4. The van der Waals surface area contributed by atoms with Crippen molar-refractivity contribution in [3.8, 4) is 0 Å². The summed E-state index contributed by atoms with van der Waals surface area (Å²) in [5.74, 6) is 0. The van der Waals surface area contributed by atoms with E-state index in [1.807, 2.05) is 75.9 Å². The Hall–Kier alpha value is -3.24. The van der Waals surface area contributed by atoms with Crippen molar-refractivity contribution in [2.75, 3.05) is 52.4 Å². The minimum absolute atomic E-state index is 0.197. The Labute approximate surface area is 262 Å². The van der Waals surface area contributed by atoms with Crippen LogP contribution in [0, 0.1) is 0 Å². The first kappa shape index (κ1) is 32.2. The van der Waals surface area contributed by atoms with Gasteiger partial charge in [0.1, 0.15) is 11.2 Å². The van der Waals surface area contributed by atoms with Crippen molar-refractivity contribution in [2.45, 2.75) is 90.5 Å². The first-order valence-corrected chi connectivity index (χ1v) is 16.2. The van der Waals surface area contributed by atoms with E-state index in [2.05, 4.69) is 31.9 Å². The number of carbonyl (C=O) groups is 2. The molecular formula is C34H50N6O4. The van der Waals surface area contributed by atoms with Crippen LogP contribution in [0.2, 0.25) is 0 Å². The van der Waals surface area contributed by atoms with Crippen molar-refractivity contribution >= 4 is 12.2 Å². The minimum atomic E-state index is -0.428. The summed E-state index contributed by atoms with van der Waals surface area (Å²) in [6.45, 7) is 17.9. The molecule has 44 heavy (non-hydrogen) atoms. The number of hydrogen-bond acceptors (Lipinski definition) is 8. The van der Waals surface area contributed by atoms with Crippen LogP contribution in [0.5, 0.6) is 0 Å². The van der Waals surface area contributed by atoms with Crippen LogP contribution in [-0.2, 0) is 22.3 Å². The third-order valence-electron chi connectivity index (χ3n) is 8.67. The van der Waals surface area contributed by atoms with Crippen LogP contribution in [-0.4, -0.2) is 105 Å². The fourth-order valence-corrected chi connectivity index (χ4v) is 6.58. The van der Waals surface area contributed by atoms with Crippen molar-refractivity contribution in [3.05, 3.63) is 59.2 Å². The number of rotatable bonds is 2. The quantitative estimate of drug-likeness (QED) is 0.458. The lowest BCUT2D eigenvalue weighted by molar-refractivity contribution is 0.00922. The van der Waals surface area contributed by atoms with E-state index < -0.39 is 11.2 Å². The summed E-state index contributed by atoms with van der Waals surface area (Å²) < 4.78 is 10.9. The number of hydrogen-bond donors (Lipinski definition) is 0. The van der Waals surface area contributed by atoms with Gasteiger partial charge in [-0.1, -0.05) is 12.1 Å². The molecule has 2 aliphatic carbocycles. The largest absolute Gasteiger partial charge is 0.444 e. The summed E-state index contributed by atoms with van der Waals surface area (Å²) in [4.78, 5) is 41.9. The number of nitrogens with zero attached hydrogens (tertiary/aromatic N) is 6. The first-order chi connectivity index (χ1) is 20.9. The van der Waals surface area contributed by atoms with E-state index in [0.717, 1.165) is 78.0 Å². The first-order valence-electron chi connectivity index (χ1n) is 16.2. The second-order valence-electron chi connectivity index (χ2n) is 14.2. The topological polar surface area (TPSA) is 91.3 Å². The third kappa shape index (κ3) is 8.07. The Morgan fingerprint density at radius 1 is 0.636 bits per heavy atom. The van der Waals surface area contributed by atoms with Crippen molar-refractivity contribution in [1.29, 1.82) is 0 Å². The molecule has 240 valence electrons. The molecule has 2 aromatic heterocycles. The highest BCUT2D eigenvalue weighted by Crippen LogP contribution is 2.35. The second-order valence-corrected chi connectivity index (χ2v) is 14.2. The average Bonchev–Trinajstić information content (AvgIpc) is 3.61. The molecular weight excluding hydrogens is 556 g/mol. The van der Waals surface area contributed by atoms with E-state index in [4.69, 9.17) is 9.47 Å². The lowest BCUT2D eigenvalue weighted by Gasteiger charge is -2.38. The van der Waals surface area contributed by atoms with E-state index in [0.29, 0.717) is 12.1 Å². The number of piperazine rings is 2. The third-order valence-corrected chi connectivity index (χ3v) is 8.67. The Morgan fingerprint density at radius 3 is 1.34 bits per heavy atom. The highest BCUT2D eigenvalue weighted by Gasteiger charge is 2.34. The fraction of sp³-hybridized carbons (Fsp3) is 0.647. The van der Waals surface area contributed by atoms with Gasteiger partial charge in [-0.15, -0.1) is 0 Å². The number of amides is 2. The molecule has 0 aromatic carbocycles. The van der Waals surface area contributed by atoms with E-state index in [-0.39, 0.29) is 12.2 Å². The number of ether oxygens (including phenoxy) is 2. The Balaban J connectivity index is 0.000000175. The zero-order valence-corrected chi connectivity index (χ0v) is 27.4. The summed E-state index contributed by atoms with van der Waals surface area (Å²) in [5, 5.41) is 0. The summed E-state index contributed by atoms with van der Waals surface area (Å²) in [7, 11) is 0. The molecule has 2 aromatic rings. The predicted molar refractivity (Wildman–Crippen MR) is 169 cm³/mol. The molecule has 0 spiro atoms. The Morgan fingerprint density at radius 2 is 1.00 bits per heavy atom. The van der Waals surface area contributed by atoms with Crippen molar-refractivity contribution in [2.24, 2.45) is 0 Å². The number of aromatic nitrogens is 2. The van der Waals surface area contributed by atoms with Crippen molar-refractivity contribution < 1.29 is 19.1 Å². The molecule has 4 aliphatic rings. The van der Waals surface area contributed by atoms with Gasteiger partial charge in [0.2, 0.25) is 0 Å². The molecule has 2 fully saturated rings. The molecule has 10 heteroatoms. The van der Waals surface area contributed by atoms with Gasteiger partial charge in [0.25, 0.3) is 0 Å². The van der Waals surface area contributed by atoms with E-state index >= 15 is 0 Å². The van der Waals surface area contributed by atoms with Gasteiger partial charge in [0, 0.05) is 64.8 Å².